The van der Waals surface area contributed by atoms with E-state index in [1.807, 2.05) is 0 Å². The van der Waals surface area contributed by atoms with Crippen molar-refractivity contribution >= 4 is 16.1 Å². The highest BCUT2D eigenvalue weighted by Crippen LogP contribution is 2.33. The molecule has 4 rings (SSSR count). The number of halogens is 3. The minimum Gasteiger partial charge on any atom is -0.497 e. The highest BCUT2D eigenvalue weighted by atomic mass is 32.2. The molecule has 2 aromatic carbocycles. The Bertz CT molecular complexity index is 1200. The van der Waals surface area contributed by atoms with Gasteiger partial charge in [-0.25, -0.2) is 13.2 Å². The molecule has 214 valence electrons. The van der Waals surface area contributed by atoms with Gasteiger partial charge >= 0.3 is 12.3 Å². The molecule has 13 heteroatoms. The molecular weight excluding hydrogens is 541 g/mol. The summed E-state index contributed by atoms with van der Waals surface area (Å²) in [5, 5.41) is 0. The zero-order valence-corrected chi connectivity index (χ0v) is 22.2. The summed E-state index contributed by atoms with van der Waals surface area (Å²) in [6.07, 6.45) is -7.84. The van der Waals surface area contributed by atoms with Gasteiger partial charge in [-0.05, 0) is 42.7 Å². The minimum atomic E-state index is -4.81. The van der Waals surface area contributed by atoms with Crippen LogP contribution in [0.4, 0.5) is 18.0 Å². The van der Waals surface area contributed by atoms with Gasteiger partial charge in [0.05, 0.1) is 37.4 Å². The molecule has 2 fully saturated rings. The van der Waals surface area contributed by atoms with E-state index < -0.39 is 40.6 Å². The van der Waals surface area contributed by atoms with Gasteiger partial charge in [0.2, 0.25) is 16.1 Å². The lowest BCUT2D eigenvalue weighted by molar-refractivity contribution is -0.220. The number of hydrogen-bond donors (Lipinski definition) is 0. The number of amides is 1. The second kappa shape index (κ2) is 12.1. The van der Waals surface area contributed by atoms with Crippen LogP contribution in [0.15, 0.2) is 59.5 Å². The third kappa shape index (κ3) is 7.21. The van der Waals surface area contributed by atoms with Crippen LogP contribution in [0.1, 0.15) is 18.4 Å². The van der Waals surface area contributed by atoms with Crippen LogP contribution in [-0.2, 0) is 30.8 Å². The lowest BCUT2D eigenvalue weighted by atomic mass is 9.90. The summed E-state index contributed by atoms with van der Waals surface area (Å²) in [5.74, 6) is 0.605. The van der Waals surface area contributed by atoms with Crippen LogP contribution in [0.2, 0.25) is 0 Å². The van der Waals surface area contributed by atoms with Crippen molar-refractivity contribution in [1.82, 2.24) is 9.21 Å². The fraction of sp³-hybridized carbons (Fsp3) is 0.500. The molecule has 2 aliphatic rings. The van der Waals surface area contributed by atoms with E-state index in [0.29, 0.717) is 11.3 Å². The van der Waals surface area contributed by atoms with E-state index in [1.165, 1.54) is 28.4 Å². The first-order valence-electron chi connectivity index (χ1n) is 12.4. The smallest absolute Gasteiger partial charge is 0.427 e. The zero-order chi connectivity index (χ0) is 28.1. The van der Waals surface area contributed by atoms with Crippen molar-refractivity contribution in [2.45, 2.75) is 42.2 Å². The number of carbonyl (C=O) groups is 1. The number of ether oxygens (including phenoxy) is 4. The second-order valence-corrected chi connectivity index (χ2v) is 11.4. The van der Waals surface area contributed by atoms with Crippen molar-refractivity contribution in [3.63, 3.8) is 0 Å². The summed E-state index contributed by atoms with van der Waals surface area (Å²) in [6, 6.07) is 14.7. The van der Waals surface area contributed by atoms with Crippen LogP contribution in [0.3, 0.4) is 0 Å². The van der Waals surface area contributed by atoms with Crippen LogP contribution in [0.5, 0.6) is 5.75 Å². The molecule has 0 bridgehead atoms. The first kappa shape index (κ1) is 29.1. The molecule has 39 heavy (non-hydrogen) atoms. The Balaban J connectivity index is 1.31. The van der Waals surface area contributed by atoms with E-state index >= 15 is 0 Å². The SMILES string of the molecule is COc1ccc(COC[C@@H](OC(=O)N2CCC3(CC2)CN(S(=O)(=O)c2ccccc2)CCO3)C(F)(F)F)cc1. The third-order valence-corrected chi connectivity index (χ3v) is 8.69. The number of nitrogens with zero attached hydrogens (tertiary/aromatic N) is 2. The molecule has 2 saturated heterocycles. The fourth-order valence-electron chi connectivity index (χ4n) is 4.55. The van der Waals surface area contributed by atoms with Crippen molar-refractivity contribution < 1.29 is 45.3 Å². The Morgan fingerprint density at radius 2 is 1.72 bits per heavy atom. The van der Waals surface area contributed by atoms with Crippen molar-refractivity contribution in [3.05, 3.63) is 60.2 Å². The molecule has 0 N–H and O–H groups in total. The van der Waals surface area contributed by atoms with Crippen LogP contribution in [0, 0.1) is 0 Å². The van der Waals surface area contributed by atoms with Crippen LogP contribution < -0.4 is 4.74 Å². The Morgan fingerprint density at radius 3 is 2.33 bits per heavy atom. The highest BCUT2D eigenvalue weighted by Gasteiger charge is 2.47. The molecule has 1 spiro atoms. The van der Waals surface area contributed by atoms with Gasteiger partial charge < -0.3 is 23.8 Å². The summed E-state index contributed by atoms with van der Waals surface area (Å²) in [6.45, 7) is -0.358. The van der Waals surface area contributed by atoms with Crippen molar-refractivity contribution in [2.24, 2.45) is 0 Å². The number of morpholine rings is 1. The Hall–Kier alpha value is -2.87. The molecule has 2 aliphatic heterocycles. The van der Waals surface area contributed by atoms with Gasteiger partial charge in [-0.2, -0.15) is 17.5 Å². The number of alkyl halides is 3. The Kier molecular flexibility index (Phi) is 9.04. The number of methoxy groups -OCH3 is 1. The topological polar surface area (TPSA) is 94.6 Å². The second-order valence-electron chi connectivity index (χ2n) is 9.45. The lowest BCUT2D eigenvalue weighted by Crippen LogP contribution is -2.58. The van der Waals surface area contributed by atoms with Crippen LogP contribution in [-0.4, -0.2) is 88.1 Å². The average molecular weight is 573 g/mol. The van der Waals surface area contributed by atoms with E-state index in [-0.39, 0.29) is 57.1 Å². The number of carbonyl (C=O) groups excluding carboxylic acids is 1. The van der Waals surface area contributed by atoms with Gasteiger partial charge in [0, 0.05) is 26.2 Å². The maximum Gasteiger partial charge on any atom is 0.427 e. The van der Waals surface area contributed by atoms with Gasteiger partial charge in [-0.3, -0.25) is 0 Å². The average Bonchev–Trinajstić information content (AvgIpc) is 2.93. The number of rotatable bonds is 8. The van der Waals surface area contributed by atoms with Crippen molar-refractivity contribution in [3.8, 4) is 5.75 Å². The normalized spacial score (nSPS) is 19.0. The maximum absolute atomic E-state index is 13.6. The van der Waals surface area contributed by atoms with Gasteiger partial charge in [-0.1, -0.05) is 30.3 Å². The largest absolute Gasteiger partial charge is 0.497 e. The monoisotopic (exact) mass is 572 g/mol. The fourth-order valence-corrected chi connectivity index (χ4v) is 6.07. The first-order valence-corrected chi connectivity index (χ1v) is 13.9. The van der Waals surface area contributed by atoms with Gasteiger partial charge in [0.1, 0.15) is 5.75 Å². The van der Waals surface area contributed by atoms with E-state index in [0.717, 1.165) is 0 Å². The molecule has 0 saturated carbocycles. The number of likely N-dealkylation sites (tertiary alicyclic amines) is 1. The Morgan fingerprint density at radius 1 is 1.05 bits per heavy atom. The number of benzene rings is 2. The van der Waals surface area contributed by atoms with Gasteiger partial charge in [0.25, 0.3) is 0 Å². The first-order chi connectivity index (χ1) is 18.5. The molecule has 0 aliphatic carbocycles. The summed E-state index contributed by atoms with van der Waals surface area (Å²) in [7, 11) is -2.23. The molecule has 2 heterocycles. The molecule has 9 nitrogen and oxygen atoms in total. The van der Waals surface area contributed by atoms with Gasteiger partial charge in [0.15, 0.2) is 0 Å². The Labute approximate surface area is 225 Å². The van der Waals surface area contributed by atoms with E-state index in [2.05, 4.69) is 0 Å². The maximum atomic E-state index is 13.6. The standard InChI is InChI=1S/C26H31F3N2O7S/c1-35-21-9-7-20(8-10-21)17-36-18-23(26(27,28)29)38-24(32)30-13-11-25(12-14-30)19-31(15-16-37-25)39(33,34)22-5-3-2-4-6-22/h2-10,23H,11-19H2,1H3/t23-/m1/s1. The molecule has 1 atom stereocenters. The molecule has 1 amide bonds. The summed E-state index contributed by atoms with van der Waals surface area (Å²) in [5.41, 5.74) is -0.193. The summed E-state index contributed by atoms with van der Waals surface area (Å²) >= 11 is 0. The highest BCUT2D eigenvalue weighted by molar-refractivity contribution is 7.89. The molecule has 0 radical (unpaired) electrons. The molecular formula is C26H31F3N2O7S. The van der Waals surface area contributed by atoms with E-state index in [1.54, 1.807) is 42.5 Å². The predicted molar refractivity (Wildman–Crippen MR) is 134 cm³/mol. The quantitative estimate of drug-likeness (QED) is 0.475. The van der Waals surface area contributed by atoms with Crippen molar-refractivity contribution in [1.29, 1.82) is 0 Å². The number of hydrogen-bond acceptors (Lipinski definition) is 7. The minimum absolute atomic E-state index is 0.0648. The zero-order valence-electron chi connectivity index (χ0n) is 21.4. The molecule has 2 aromatic rings. The molecule has 0 unspecified atom stereocenters. The lowest BCUT2D eigenvalue weighted by Gasteiger charge is -2.46. The van der Waals surface area contributed by atoms with Crippen LogP contribution >= 0.6 is 0 Å². The molecule has 0 aromatic heterocycles. The van der Waals surface area contributed by atoms with E-state index in [9.17, 15) is 26.4 Å². The summed E-state index contributed by atoms with van der Waals surface area (Å²) < 4.78 is 89.2. The third-order valence-electron chi connectivity index (χ3n) is 6.83. The van der Waals surface area contributed by atoms with Crippen molar-refractivity contribution in [2.75, 3.05) is 46.5 Å². The van der Waals surface area contributed by atoms with E-state index in [4.69, 9.17) is 18.9 Å². The number of sulfonamides is 1. The van der Waals surface area contributed by atoms with Crippen LogP contribution in [0.25, 0.3) is 0 Å². The number of piperidine rings is 1. The van der Waals surface area contributed by atoms with Gasteiger partial charge in [-0.15, -0.1) is 0 Å². The predicted octanol–water partition coefficient (Wildman–Crippen LogP) is 3.84. The summed E-state index contributed by atoms with van der Waals surface area (Å²) in [4.78, 5) is 14.0.